The largest absolute Gasteiger partial charge is 0.481 e. The summed E-state index contributed by atoms with van der Waals surface area (Å²) < 4.78 is 10.5. The SMILES string of the molecule is CCOc1cc(OC)nc(C(C)(C)C)n1. The van der Waals surface area contributed by atoms with Crippen LogP contribution in [-0.4, -0.2) is 23.7 Å². The van der Waals surface area contributed by atoms with Crippen molar-refractivity contribution >= 4 is 0 Å². The van der Waals surface area contributed by atoms with Crippen molar-refractivity contribution in [3.05, 3.63) is 11.9 Å². The standard InChI is InChI=1S/C11H18N2O2/c1-6-15-9-7-8(14-5)12-10(13-9)11(2,3)4/h7H,6H2,1-5H3. The van der Waals surface area contributed by atoms with E-state index in [1.54, 1.807) is 13.2 Å². The lowest BCUT2D eigenvalue weighted by Crippen LogP contribution is -2.17. The van der Waals surface area contributed by atoms with Crippen LogP contribution in [0.1, 0.15) is 33.5 Å². The monoisotopic (exact) mass is 210 g/mol. The van der Waals surface area contributed by atoms with Crippen molar-refractivity contribution in [1.82, 2.24) is 9.97 Å². The zero-order valence-electron chi connectivity index (χ0n) is 10.00. The summed E-state index contributed by atoms with van der Waals surface area (Å²) in [5, 5.41) is 0. The maximum Gasteiger partial charge on any atom is 0.220 e. The molecule has 84 valence electrons. The maximum absolute atomic E-state index is 5.35. The normalized spacial score (nSPS) is 11.3. The summed E-state index contributed by atoms with van der Waals surface area (Å²) in [6.07, 6.45) is 0. The summed E-state index contributed by atoms with van der Waals surface area (Å²) in [5.74, 6) is 1.83. The van der Waals surface area contributed by atoms with Gasteiger partial charge in [-0.25, -0.2) is 0 Å². The summed E-state index contributed by atoms with van der Waals surface area (Å²) in [6.45, 7) is 8.67. The lowest BCUT2D eigenvalue weighted by Gasteiger charge is -2.17. The molecule has 4 nitrogen and oxygen atoms in total. The van der Waals surface area contributed by atoms with Crippen LogP contribution in [-0.2, 0) is 5.41 Å². The lowest BCUT2D eigenvalue weighted by atomic mass is 9.96. The van der Waals surface area contributed by atoms with E-state index in [-0.39, 0.29) is 5.41 Å². The van der Waals surface area contributed by atoms with Gasteiger partial charge in [0.2, 0.25) is 11.8 Å². The molecule has 0 saturated carbocycles. The van der Waals surface area contributed by atoms with Crippen LogP contribution in [0.4, 0.5) is 0 Å². The molecule has 1 rings (SSSR count). The molecule has 0 amide bonds. The average molecular weight is 210 g/mol. The minimum Gasteiger partial charge on any atom is -0.481 e. The van der Waals surface area contributed by atoms with Crippen LogP contribution in [0.15, 0.2) is 6.07 Å². The van der Waals surface area contributed by atoms with Gasteiger partial charge in [0.1, 0.15) is 5.82 Å². The Labute approximate surface area is 90.7 Å². The number of rotatable bonds is 3. The third-order valence-electron chi connectivity index (χ3n) is 1.85. The smallest absolute Gasteiger partial charge is 0.220 e. The van der Waals surface area contributed by atoms with E-state index in [0.29, 0.717) is 18.4 Å². The predicted octanol–water partition coefficient (Wildman–Crippen LogP) is 2.18. The first kappa shape index (κ1) is 11.8. The van der Waals surface area contributed by atoms with E-state index < -0.39 is 0 Å². The molecule has 1 aromatic rings. The van der Waals surface area contributed by atoms with Crippen LogP contribution >= 0.6 is 0 Å². The quantitative estimate of drug-likeness (QED) is 0.767. The van der Waals surface area contributed by atoms with E-state index in [0.717, 1.165) is 5.82 Å². The fraction of sp³-hybridized carbons (Fsp3) is 0.636. The van der Waals surface area contributed by atoms with Gasteiger partial charge in [-0.3, -0.25) is 0 Å². The third kappa shape index (κ3) is 3.08. The van der Waals surface area contributed by atoms with Crippen molar-refractivity contribution in [1.29, 1.82) is 0 Å². The van der Waals surface area contributed by atoms with Gasteiger partial charge in [-0.15, -0.1) is 0 Å². The van der Waals surface area contributed by atoms with Crippen molar-refractivity contribution in [2.24, 2.45) is 0 Å². The molecule has 0 spiro atoms. The molecule has 1 aromatic heterocycles. The van der Waals surface area contributed by atoms with Crippen molar-refractivity contribution in [3.63, 3.8) is 0 Å². The van der Waals surface area contributed by atoms with E-state index in [4.69, 9.17) is 9.47 Å². The number of ether oxygens (including phenoxy) is 2. The molecule has 0 aliphatic carbocycles. The van der Waals surface area contributed by atoms with Crippen LogP contribution in [0.25, 0.3) is 0 Å². The minimum absolute atomic E-state index is 0.111. The van der Waals surface area contributed by atoms with Gasteiger partial charge in [0.05, 0.1) is 19.8 Å². The average Bonchev–Trinajstić information content (AvgIpc) is 2.16. The molecule has 0 aromatic carbocycles. The van der Waals surface area contributed by atoms with E-state index in [1.807, 2.05) is 6.92 Å². The second-order valence-electron chi connectivity index (χ2n) is 4.26. The van der Waals surface area contributed by atoms with Crippen LogP contribution < -0.4 is 9.47 Å². The molecule has 1 heterocycles. The molecule has 0 radical (unpaired) electrons. The summed E-state index contributed by atoms with van der Waals surface area (Å²) in [6, 6.07) is 1.69. The number of nitrogens with zero attached hydrogens (tertiary/aromatic N) is 2. The Kier molecular flexibility index (Phi) is 3.50. The fourth-order valence-electron chi connectivity index (χ4n) is 1.07. The molecule has 0 aliphatic heterocycles. The highest BCUT2D eigenvalue weighted by Crippen LogP contribution is 2.23. The molecule has 0 fully saturated rings. The summed E-state index contributed by atoms with van der Waals surface area (Å²) in [7, 11) is 1.59. The third-order valence-corrected chi connectivity index (χ3v) is 1.85. The van der Waals surface area contributed by atoms with Crippen LogP contribution in [0.3, 0.4) is 0 Å². The number of hydrogen-bond donors (Lipinski definition) is 0. The van der Waals surface area contributed by atoms with Gasteiger partial charge in [0.15, 0.2) is 0 Å². The molecule has 0 aliphatic rings. The van der Waals surface area contributed by atoms with Gasteiger partial charge < -0.3 is 9.47 Å². The summed E-state index contributed by atoms with van der Waals surface area (Å²) in [4.78, 5) is 8.62. The Morgan fingerprint density at radius 1 is 1.20 bits per heavy atom. The Hall–Kier alpha value is -1.32. The molecule has 0 saturated heterocycles. The van der Waals surface area contributed by atoms with Crippen molar-refractivity contribution in [2.45, 2.75) is 33.1 Å². The van der Waals surface area contributed by atoms with E-state index in [1.165, 1.54) is 0 Å². The highest BCUT2D eigenvalue weighted by molar-refractivity contribution is 5.23. The zero-order valence-corrected chi connectivity index (χ0v) is 10.00. The van der Waals surface area contributed by atoms with Crippen LogP contribution in [0, 0.1) is 0 Å². The van der Waals surface area contributed by atoms with E-state index >= 15 is 0 Å². The first-order chi connectivity index (χ1) is 6.97. The molecule has 0 bridgehead atoms. The highest BCUT2D eigenvalue weighted by atomic mass is 16.5. The van der Waals surface area contributed by atoms with Crippen molar-refractivity contribution in [2.75, 3.05) is 13.7 Å². The maximum atomic E-state index is 5.35. The molecule has 0 atom stereocenters. The topological polar surface area (TPSA) is 44.2 Å². The first-order valence-electron chi connectivity index (χ1n) is 5.03. The second kappa shape index (κ2) is 4.47. The fourth-order valence-corrected chi connectivity index (χ4v) is 1.07. The Morgan fingerprint density at radius 2 is 1.80 bits per heavy atom. The minimum atomic E-state index is -0.111. The Morgan fingerprint density at radius 3 is 2.27 bits per heavy atom. The Bertz CT molecular complexity index is 332. The second-order valence-corrected chi connectivity index (χ2v) is 4.26. The van der Waals surface area contributed by atoms with E-state index in [9.17, 15) is 0 Å². The lowest BCUT2D eigenvalue weighted by molar-refractivity contribution is 0.314. The number of aromatic nitrogens is 2. The van der Waals surface area contributed by atoms with Crippen molar-refractivity contribution < 1.29 is 9.47 Å². The number of hydrogen-bond acceptors (Lipinski definition) is 4. The van der Waals surface area contributed by atoms with Crippen LogP contribution in [0.2, 0.25) is 0 Å². The van der Waals surface area contributed by atoms with Gasteiger partial charge in [-0.2, -0.15) is 9.97 Å². The predicted molar refractivity (Wildman–Crippen MR) is 58.5 cm³/mol. The van der Waals surface area contributed by atoms with Gasteiger partial charge in [-0.1, -0.05) is 20.8 Å². The highest BCUT2D eigenvalue weighted by Gasteiger charge is 2.19. The van der Waals surface area contributed by atoms with Crippen LogP contribution in [0.5, 0.6) is 11.8 Å². The Balaban J connectivity index is 3.11. The summed E-state index contributed by atoms with van der Waals surface area (Å²) in [5.41, 5.74) is -0.111. The zero-order chi connectivity index (χ0) is 11.5. The van der Waals surface area contributed by atoms with E-state index in [2.05, 4.69) is 30.7 Å². The van der Waals surface area contributed by atoms with Gasteiger partial charge in [0, 0.05) is 5.41 Å². The number of methoxy groups -OCH3 is 1. The molecular formula is C11H18N2O2. The molecule has 4 heteroatoms. The van der Waals surface area contributed by atoms with Gasteiger partial charge in [0.25, 0.3) is 0 Å². The molecule has 0 unspecified atom stereocenters. The molecule has 0 N–H and O–H groups in total. The molecule has 15 heavy (non-hydrogen) atoms. The molecular weight excluding hydrogens is 192 g/mol. The van der Waals surface area contributed by atoms with Gasteiger partial charge in [-0.05, 0) is 6.92 Å². The van der Waals surface area contributed by atoms with Gasteiger partial charge >= 0.3 is 0 Å². The van der Waals surface area contributed by atoms with Crippen molar-refractivity contribution in [3.8, 4) is 11.8 Å². The summed E-state index contributed by atoms with van der Waals surface area (Å²) >= 11 is 0. The first-order valence-corrected chi connectivity index (χ1v) is 5.03.